The van der Waals surface area contributed by atoms with Gasteiger partial charge in [0.1, 0.15) is 5.82 Å². The van der Waals surface area contributed by atoms with Gasteiger partial charge in [0.25, 0.3) is 5.91 Å². The van der Waals surface area contributed by atoms with E-state index in [0.29, 0.717) is 48.2 Å². The van der Waals surface area contributed by atoms with Crippen LogP contribution >= 0.6 is 11.5 Å². The van der Waals surface area contributed by atoms with Crippen molar-refractivity contribution < 1.29 is 13.6 Å². The van der Waals surface area contributed by atoms with Crippen molar-refractivity contribution in [3.05, 3.63) is 47.3 Å². The third kappa shape index (κ3) is 2.70. The molecular formula is C18H16F2N6OS. The number of aromatic nitrogens is 5. The van der Waals surface area contributed by atoms with Gasteiger partial charge in [-0.15, -0.1) is 10.2 Å². The fourth-order valence-corrected chi connectivity index (χ4v) is 4.15. The largest absolute Gasteiger partial charge is 0.327 e. The molecule has 1 aromatic carbocycles. The fraction of sp³-hybridized carbons (Fsp3) is 0.389. The minimum Gasteiger partial charge on any atom is -0.327 e. The topological polar surface area (TPSA) is 76.8 Å². The molecule has 28 heavy (non-hydrogen) atoms. The molecule has 1 aliphatic heterocycles. The molecule has 0 unspecified atom stereocenters. The number of carbonyl (C=O) groups excluding carboxylic acids is 1. The zero-order chi connectivity index (χ0) is 19.5. The summed E-state index contributed by atoms with van der Waals surface area (Å²) in [4.78, 5) is 18.8. The summed E-state index contributed by atoms with van der Waals surface area (Å²) in [6.45, 7) is 2.82. The van der Waals surface area contributed by atoms with Gasteiger partial charge in [0.2, 0.25) is 0 Å². The van der Waals surface area contributed by atoms with E-state index in [-0.39, 0.29) is 23.6 Å². The van der Waals surface area contributed by atoms with Crippen molar-refractivity contribution in [1.82, 2.24) is 29.0 Å². The number of benzene rings is 1. The average molecular weight is 402 g/mol. The summed E-state index contributed by atoms with van der Waals surface area (Å²) < 4.78 is 33.4. The molecule has 7 nitrogen and oxygen atoms in total. The first-order valence-corrected chi connectivity index (χ1v) is 9.77. The van der Waals surface area contributed by atoms with Crippen molar-refractivity contribution in [3.8, 4) is 10.8 Å². The van der Waals surface area contributed by atoms with Gasteiger partial charge in [-0.3, -0.25) is 4.79 Å². The summed E-state index contributed by atoms with van der Waals surface area (Å²) in [5.74, 6) is 0.834. The van der Waals surface area contributed by atoms with E-state index < -0.39 is 5.67 Å². The summed E-state index contributed by atoms with van der Waals surface area (Å²) in [7, 11) is 0. The second-order valence-corrected chi connectivity index (χ2v) is 7.86. The maximum absolute atomic E-state index is 14.2. The van der Waals surface area contributed by atoms with Crippen LogP contribution in [0.3, 0.4) is 0 Å². The van der Waals surface area contributed by atoms with Crippen LogP contribution in [-0.2, 0) is 12.2 Å². The van der Waals surface area contributed by atoms with Crippen molar-refractivity contribution >= 4 is 17.4 Å². The van der Waals surface area contributed by atoms with Crippen molar-refractivity contribution in [2.24, 2.45) is 0 Å². The third-order valence-corrected chi connectivity index (χ3v) is 5.96. The Bertz CT molecular complexity index is 1060. The molecule has 5 rings (SSSR count). The monoisotopic (exact) mass is 402 g/mol. The summed E-state index contributed by atoms with van der Waals surface area (Å²) in [6.07, 6.45) is 0.914. The van der Waals surface area contributed by atoms with Crippen LogP contribution in [0.5, 0.6) is 0 Å². The van der Waals surface area contributed by atoms with Crippen LogP contribution in [0, 0.1) is 5.82 Å². The molecule has 0 N–H and O–H groups in total. The second-order valence-electron chi connectivity index (χ2n) is 7.10. The van der Waals surface area contributed by atoms with Crippen LogP contribution in [0.1, 0.15) is 47.8 Å². The molecule has 2 aliphatic rings. The molecule has 10 heteroatoms. The van der Waals surface area contributed by atoms with E-state index in [1.54, 1.807) is 4.90 Å². The number of nitrogens with zero attached hydrogens (tertiary/aromatic N) is 6. The number of amides is 1. The Hall–Kier alpha value is -2.75. The Morgan fingerprint density at radius 3 is 2.68 bits per heavy atom. The number of hydrogen-bond acceptors (Lipinski definition) is 6. The summed E-state index contributed by atoms with van der Waals surface area (Å²) >= 11 is 1.11. The van der Waals surface area contributed by atoms with Crippen molar-refractivity contribution in [3.63, 3.8) is 0 Å². The van der Waals surface area contributed by atoms with Gasteiger partial charge in [-0.2, -0.15) is 4.37 Å². The lowest BCUT2D eigenvalue weighted by Gasteiger charge is -2.33. The Morgan fingerprint density at radius 2 is 1.96 bits per heavy atom. The van der Waals surface area contributed by atoms with Crippen molar-refractivity contribution in [1.29, 1.82) is 0 Å². The third-order valence-electron chi connectivity index (χ3n) is 5.24. The first-order chi connectivity index (χ1) is 13.5. The van der Waals surface area contributed by atoms with Gasteiger partial charge in [0.15, 0.2) is 28.1 Å². The highest BCUT2D eigenvalue weighted by Gasteiger charge is 2.49. The van der Waals surface area contributed by atoms with Crippen LogP contribution in [0.4, 0.5) is 8.78 Å². The molecule has 1 saturated carbocycles. The zero-order valence-corrected chi connectivity index (χ0v) is 15.8. The highest BCUT2D eigenvalue weighted by Crippen LogP contribution is 2.48. The molecule has 1 amide bonds. The van der Waals surface area contributed by atoms with Crippen LogP contribution in [0.2, 0.25) is 0 Å². The van der Waals surface area contributed by atoms with E-state index in [1.165, 1.54) is 24.3 Å². The van der Waals surface area contributed by atoms with Crippen molar-refractivity contribution in [2.45, 2.75) is 38.0 Å². The van der Waals surface area contributed by atoms with Crippen molar-refractivity contribution in [2.75, 3.05) is 6.54 Å². The van der Waals surface area contributed by atoms with Crippen LogP contribution < -0.4 is 0 Å². The lowest BCUT2D eigenvalue weighted by Crippen LogP contribution is -2.41. The SMILES string of the molecule is C[C@@H]1c2nnc(-c3nc(C4(F)CC4)ns3)n2CCN1C(=O)c1ccc(F)cc1. The standard InChI is InChI=1S/C18H16F2N6OS/c1-10-13-22-23-14(15-21-17(24-28-15)18(20)6-7-18)26(13)9-8-25(10)16(27)11-2-4-12(19)5-3-11/h2-5,10H,6-9H2,1H3/t10-/m1/s1. The lowest BCUT2D eigenvalue weighted by molar-refractivity contribution is 0.0638. The molecular weight excluding hydrogens is 386 g/mol. The number of halogens is 2. The van der Waals surface area contributed by atoms with Gasteiger partial charge in [0.05, 0.1) is 6.04 Å². The molecule has 2 aromatic heterocycles. The maximum Gasteiger partial charge on any atom is 0.254 e. The Labute approximate surface area is 163 Å². The molecule has 144 valence electrons. The summed E-state index contributed by atoms with van der Waals surface area (Å²) in [5.41, 5.74) is -0.960. The number of rotatable bonds is 3. The summed E-state index contributed by atoms with van der Waals surface area (Å²) in [6, 6.07) is 5.18. The first kappa shape index (κ1) is 17.4. The Balaban J connectivity index is 1.42. The number of fused-ring (bicyclic) bond motifs is 1. The highest BCUT2D eigenvalue weighted by atomic mass is 32.1. The van der Waals surface area contributed by atoms with Gasteiger partial charge in [0, 0.05) is 18.7 Å². The molecule has 3 heterocycles. The first-order valence-electron chi connectivity index (χ1n) is 8.99. The predicted octanol–water partition coefficient (Wildman–Crippen LogP) is 3.11. The van der Waals surface area contributed by atoms with Gasteiger partial charge in [-0.1, -0.05) is 0 Å². The van der Waals surface area contributed by atoms with Crippen LogP contribution in [0.25, 0.3) is 10.8 Å². The minimum absolute atomic E-state index is 0.186. The van der Waals surface area contributed by atoms with E-state index >= 15 is 0 Å². The summed E-state index contributed by atoms with van der Waals surface area (Å²) in [5, 5.41) is 9.00. The molecule has 1 aliphatic carbocycles. The highest BCUT2D eigenvalue weighted by molar-refractivity contribution is 7.09. The molecule has 0 bridgehead atoms. The predicted molar refractivity (Wildman–Crippen MR) is 96.8 cm³/mol. The van der Waals surface area contributed by atoms with Gasteiger partial charge < -0.3 is 9.47 Å². The molecule has 3 aromatic rings. The molecule has 1 fully saturated rings. The van der Waals surface area contributed by atoms with Crippen LogP contribution in [-0.4, -0.2) is 41.5 Å². The van der Waals surface area contributed by atoms with E-state index in [9.17, 15) is 13.6 Å². The van der Waals surface area contributed by atoms with E-state index in [2.05, 4.69) is 19.6 Å². The fourth-order valence-electron chi connectivity index (χ4n) is 3.41. The second kappa shape index (κ2) is 6.13. The molecule has 1 atom stereocenters. The smallest absolute Gasteiger partial charge is 0.254 e. The average Bonchev–Trinajstić information content (AvgIpc) is 3.11. The van der Waals surface area contributed by atoms with E-state index in [1.807, 2.05) is 11.5 Å². The minimum atomic E-state index is -1.38. The molecule has 0 spiro atoms. The van der Waals surface area contributed by atoms with E-state index in [0.717, 1.165) is 11.5 Å². The molecule has 0 saturated heterocycles. The number of carbonyl (C=O) groups is 1. The van der Waals surface area contributed by atoms with Gasteiger partial charge in [-0.25, -0.2) is 13.8 Å². The quantitative estimate of drug-likeness (QED) is 0.673. The Kier molecular flexibility index (Phi) is 3.80. The maximum atomic E-state index is 14.2. The lowest BCUT2D eigenvalue weighted by atomic mass is 10.1. The van der Waals surface area contributed by atoms with Gasteiger partial charge in [-0.05, 0) is 55.6 Å². The number of hydrogen-bond donors (Lipinski definition) is 0. The van der Waals surface area contributed by atoms with E-state index in [4.69, 9.17) is 0 Å². The Morgan fingerprint density at radius 1 is 1.21 bits per heavy atom. The molecule has 0 radical (unpaired) electrons. The number of alkyl halides is 1. The normalized spacial score (nSPS) is 20.1. The zero-order valence-electron chi connectivity index (χ0n) is 15.0. The van der Waals surface area contributed by atoms with Gasteiger partial charge >= 0.3 is 0 Å². The van der Waals surface area contributed by atoms with Crippen LogP contribution in [0.15, 0.2) is 24.3 Å².